The number of ether oxygens (including phenoxy) is 1. The second-order valence-corrected chi connectivity index (χ2v) is 9.06. The van der Waals surface area contributed by atoms with Gasteiger partial charge in [0.1, 0.15) is 27.5 Å². The highest BCUT2D eigenvalue weighted by atomic mass is 35.5. The van der Waals surface area contributed by atoms with Crippen molar-refractivity contribution in [1.29, 1.82) is 5.26 Å². The molecule has 2 aromatic carbocycles. The Labute approximate surface area is 203 Å². The monoisotopic (exact) mass is 494 g/mol. The first-order valence-electron chi connectivity index (χ1n) is 10.1. The maximum atomic E-state index is 13.1. The summed E-state index contributed by atoms with van der Waals surface area (Å²) in [5.74, 6) is -0.0285. The van der Waals surface area contributed by atoms with Crippen LogP contribution >= 0.6 is 34.5 Å². The van der Waals surface area contributed by atoms with E-state index in [0.717, 1.165) is 5.56 Å². The Morgan fingerprint density at radius 3 is 2.52 bits per heavy atom. The minimum Gasteiger partial charge on any atom is -0.477 e. The van der Waals surface area contributed by atoms with Crippen LogP contribution in [0.25, 0.3) is 21.3 Å². The number of thiophene rings is 1. The average Bonchev–Trinajstić information content (AvgIpc) is 3.17. The number of carbonyl (C=O) groups is 1. The summed E-state index contributed by atoms with van der Waals surface area (Å²) in [6, 6.07) is 17.0. The molecular weight excluding hydrogens is 479 g/mol. The summed E-state index contributed by atoms with van der Waals surface area (Å²) in [7, 11) is 0. The minimum absolute atomic E-state index is 0.246. The van der Waals surface area contributed by atoms with Gasteiger partial charge < -0.3 is 15.4 Å². The highest BCUT2D eigenvalue weighted by molar-refractivity contribution is 7.21. The predicted molar refractivity (Wildman–Crippen MR) is 131 cm³/mol. The number of nitrogens with one attached hydrogen (secondary N) is 2. The molecule has 3 heterocycles. The van der Waals surface area contributed by atoms with Gasteiger partial charge in [0.15, 0.2) is 0 Å². The molecule has 0 aliphatic carbocycles. The number of nitrogens with zero attached hydrogens (tertiary/aromatic N) is 2. The van der Waals surface area contributed by atoms with Crippen LogP contribution in [0.15, 0.2) is 48.5 Å². The van der Waals surface area contributed by atoms with Crippen LogP contribution in [-0.2, 0) is 0 Å². The number of nitriles is 1. The Morgan fingerprint density at radius 2 is 1.85 bits per heavy atom. The molecule has 4 aromatic rings. The van der Waals surface area contributed by atoms with Crippen molar-refractivity contribution in [2.75, 3.05) is 11.9 Å². The van der Waals surface area contributed by atoms with E-state index < -0.39 is 6.17 Å². The van der Waals surface area contributed by atoms with E-state index in [9.17, 15) is 10.1 Å². The number of anilines is 1. The van der Waals surface area contributed by atoms with Crippen molar-refractivity contribution in [3.8, 4) is 23.1 Å². The topological polar surface area (TPSA) is 87.0 Å². The van der Waals surface area contributed by atoms with Gasteiger partial charge in [-0.25, -0.2) is 4.98 Å². The minimum atomic E-state index is -0.648. The smallest absolute Gasteiger partial charge is 0.265 e. The van der Waals surface area contributed by atoms with Gasteiger partial charge >= 0.3 is 0 Å². The number of rotatable bonds is 4. The van der Waals surface area contributed by atoms with Crippen LogP contribution in [0.2, 0.25) is 10.0 Å². The molecule has 1 atom stereocenters. The number of benzene rings is 2. The summed E-state index contributed by atoms with van der Waals surface area (Å²) in [5, 5.41) is 17.9. The molecule has 0 radical (unpaired) electrons. The second kappa shape index (κ2) is 8.56. The molecule has 164 valence electrons. The maximum Gasteiger partial charge on any atom is 0.265 e. The van der Waals surface area contributed by atoms with Crippen LogP contribution in [-0.4, -0.2) is 17.5 Å². The zero-order valence-corrected chi connectivity index (χ0v) is 19.6. The van der Waals surface area contributed by atoms with Crippen LogP contribution in [0, 0.1) is 11.3 Å². The van der Waals surface area contributed by atoms with E-state index in [0.29, 0.717) is 54.1 Å². The van der Waals surface area contributed by atoms with E-state index in [-0.39, 0.29) is 11.8 Å². The second-order valence-electron chi connectivity index (χ2n) is 7.25. The Hall–Kier alpha value is -3.31. The van der Waals surface area contributed by atoms with Crippen LogP contribution in [0.4, 0.5) is 5.69 Å². The van der Waals surface area contributed by atoms with Gasteiger partial charge in [0.25, 0.3) is 5.91 Å². The lowest BCUT2D eigenvalue weighted by Crippen LogP contribution is -2.38. The van der Waals surface area contributed by atoms with Gasteiger partial charge in [0, 0.05) is 26.6 Å². The van der Waals surface area contributed by atoms with Crippen molar-refractivity contribution < 1.29 is 9.53 Å². The molecule has 6 nitrogen and oxygen atoms in total. The number of amides is 1. The zero-order valence-electron chi connectivity index (χ0n) is 17.3. The molecule has 2 aromatic heterocycles. The summed E-state index contributed by atoms with van der Waals surface area (Å²) < 4.78 is 5.70. The first-order valence-corrected chi connectivity index (χ1v) is 11.7. The molecule has 9 heteroatoms. The molecule has 1 unspecified atom stereocenters. The summed E-state index contributed by atoms with van der Waals surface area (Å²) in [6.45, 7) is 2.19. The number of carbonyl (C=O) groups excluding carboxylic acids is 1. The first-order chi connectivity index (χ1) is 16.0. The van der Waals surface area contributed by atoms with Gasteiger partial charge in [-0.2, -0.15) is 5.26 Å². The van der Waals surface area contributed by atoms with E-state index in [2.05, 4.69) is 21.7 Å². The zero-order chi connectivity index (χ0) is 23.1. The fourth-order valence-electron chi connectivity index (χ4n) is 3.95. The third-order valence-electron chi connectivity index (χ3n) is 5.32. The van der Waals surface area contributed by atoms with Gasteiger partial charge in [-0.15, -0.1) is 11.3 Å². The van der Waals surface area contributed by atoms with E-state index in [4.69, 9.17) is 27.9 Å². The third kappa shape index (κ3) is 3.57. The highest BCUT2D eigenvalue weighted by Gasteiger charge is 2.33. The van der Waals surface area contributed by atoms with Crippen LogP contribution in [0.1, 0.15) is 33.9 Å². The fourth-order valence-corrected chi connectivity index (χ4v) is 5.61. The summed E-state index contributed by atoms with van der Waals surface area (Å²) >= 11 is 14.1. The lowest BCUT2D eigenvalue weighted by atomic mass is 9.96. The number of hydrogen-bond acceptors (Lipinski definition) is 6. The summed E-state index contributed by atoms with van der Waals surface area (Å²) in [5.41, 5.74) is 2.96. The molecular formula is C24H16Cl2N4O2S. The number of hydrogen-bond donors (Lipinski definition) is 2. The number of halogens is 2. The molecule has 33 heavy (non-hydrogen) atoms. The van der Waals surface area contributed by atoms with Crippen LogP contribution in [0.3, 0.4) is 0 Å². The summed E-state index contributed by atoms with van der Waals surface area (Å²) in [6.07, 6.45) is -0.648. The van der Waals surface area contributed by atoms with Gasteiger partial charge in [-0.1, -0.05) is 59.6 Å². The molecule has 1 aliphatic rings. The lowest BCUT2D eigenvalue weighted by Gasteiger charge is -2.28. The number of aromatic nitrogens is 1. The molecule has 1 amide bonds. The normalized spacial score (nSPS) is 14.8. The largest absolute Gasteiger partial charge is 0.477 e. The van der Waals surface area contributed by atoms with Crippen LogP contribution < -0.4 is 15.4 Å². The number of fused-ring (bicyclic) bond motifs is 3. The Balaban J connectivity index is 1.80. The molecule has 2 N–H and O–H groups in total. The highest BCUT2D eigenvalue weighted by Crippen LogP contribution is 2.47. The van der Waals surface area contributed by atoms with Crippen molar-refractivity contribution in [2.24, 2.45) is 0 Å². The molecule has 0 saturated carbocycles. The van der Waals surface area contributed by atoms with E-state index >= 15 is 0 Å². The molecule has 0 bridgehead atoms. The van der Waals surface area contributed by atoms with Crippen molar-refractivity contribution in [3.63, 3.8) is 0 Å². The number of pyridine rings is 1. The fraction of sp³-hybridized carbons (Fsp3) is 0.125. The van der Waals surface area contributed by atoms with Crippen molar-refractivity contribution in [3.05, 3.63) is 74.6 Å². The van der Waals surface area contributed by atoms with Crippen molar-refractivity contribution >= 4 is 56.3 Å². The maximum absolute atomic E-state index is 13.1. The Kier molecular flexibility index (Phi) is 5.59. The summed E-state index contributed by atoms with van der Waals surface area (Å²) in [4.78, 5) is 18.8. The standard InChI is InChI=1S/C24H16Cl2N4O2S/c1-2-32-23-13(11-27)16(12-7-4-3-5-8-12)18-19-20(33-24(18)30-23)22(31)29-21(28-19)17-14(25)9-6-10-15(17)26/h3-10,21,28H,2H2,1H3,(H,29,31). The van der Waals surface area contributed by atoms with Gasteiger partial charge in [-0.05, 0) is 24.6 Å². The predicted octanol–water partition coefficient (Wildman–Crippen LogP) is 6.39. The van der Waals surface area contributed by atoms with E-state index in [1.165, 1.54) is 11.3 Å². The van der Waals surface area contributed by atoms with Crippen molar-refractivity contribution in [1.82, 2.24) is 10.3 Å². The Morgan fingerprint density at radius 1 is 1.12 bits per heavy atom. The molecule has 5 rings (SSSR count). The average molecular weight is 495 g/mol. The third-order valence-corrected chi connectivity index (χ3v) is 7.06. The first kappa shape index (κ1) is 21.5. The molecule has 0 spiro atoms. The molecule has 0 fully saturated rings. The van der Waals surface area contributed by atoms with Gasteiger partial charge in [0.2, 0.25) is 5.88 Å². The van der Waals surface area contributed by atoms with Gasteiger partial charge in [-0.3, -0.25) is 4.79 Å². The van der Waals surface area contributed by atoms with Crippen LogP contribution in [0.5, 0.6) is 5.88 Å². The van der Waals surface area contributed by atoms with Gasteiger partial charge in [0.05, 0.1) is 12.3 Å². The lowest BCUT2D eigenvalue weighted by molar-refractivity contribution is 0.0940. The van der Waals surface area contributed by atoms with E-state index in [1.54, 1.807) is 18.2 Å². The molecule has 0 saturated heterocycles. The SMILES string of the molecule is CCOc1nc2sc3c(c2c(-c2ccccc2)c1C#N)NC(c1c(Cl)cccc1Cl)NC3=O. The quantitative estimate of drug-likeness (QED) is 0.342. The Bertz CT molecular complexity index is 1430. The van der Waals surface area contributed by atoms with Crippen molar-refractivity contribution in [2.45, 2.75) is 13.1 Å². The molecule has 1 aliphatic heterocycles. The van der Waals surface area contributed by atoms with E-state index in [1.807, 2.05) is 37.3 Å².